The summed E-state index contributed by atoms with van der Waals surface area (Å²) >= 11 is 1.28. The van der Waals surface area contributed by atoms with Crippen LogP contribution in [0.4, 0.5) is 18.9 Å². The van der Waals surface area contributed by atoms with Gasteiger partial charge in [-0.2, -0.15) is 4.73 Å². The first-order valence-electron chi connectivity index (χ1n) is 13.1. The molecule has 0 unspecified atom stereocenters. The molecule has 10 nitrogen and oxygen atoms in total. The summed E-state index contributed by atoms with van der Waals surface area (Å²) in [6.07, 6.45) is 3.32. The van der Waals surface area contributed by atoms with E-state index >= 15 is 4.39 Å². The van der Waals surface area contributed by atoms with Crippen LogP contribution >= 0.6 is 11.8 Å². The van der Waals surface area contributed by atoms with Gasteiger partial charge < -0.3 is 14.3 Å². The lowest BCUT2D eigenvalue weighted by Gasteiger charge is -2.25. The highest BCUT2D eigenvalue weighted by molar-refractivity contribution is 7.98. The van der Waals surface area contributed by atoms with Gasteiger partial charge >= 0.3 is 0 Å². The van der Waals surface area contributed by atoms with Crippen LogP contribution in [0.3, 0.4) is 0 Å². The molecule has 0 spiro atoms. The highest BCUT2D eigenvalue weighted by atomic mass is 32.2. The number of ether oxygens (including phenoxy) is 2. The first-order chi connectivity index (χ1) is 21.7. The fraction of sp³-hybridized carbons (Fsp3) is 0.167. The molecule has 0 saturated carbocycles. The van der Waals surface area contributed by atoms with Gasteiger partial charge in [-0.1, -0.05) is 54.2 Å². The number of thioether (sulfide) groups is 1. The smallest absolute Gasteiger partial charge is 0.272 e. The van der Waals surface area contributed by atoms with Crippen LogP contribution in [0, 0.1) is 17.5 Å². The second-order valence-corrected chi connectivity index (χ2v) is 11.8. The average molecular weight is 658 g/mol. The van der Waals surface area contributed by atoms with Gasteiger partial charge in [-0.15, -0.1) is 0 Å². The summed E-state index contributed by atoms with van der Waals surface area (Å²) < 4.78 is 85.3. The van der Waals surface area contributed by atoms with Crippen molar-refractivity contribution in [3.63, 3.8) is 0 Å². The second-order valence-electron chi connectivity index (χ2n) is 9.22. The van der Waals surface area contributed by atoms with Gasteiger partial charge in [-0.3, -0.25) is 0 Å². The van der Waals surface area contributed by atoms with Crippen LogP contribution < -0.4 is 9.14 Å². The number of halogens is 3. The van der Waals surface area contributed by atoms with Crippen molar-refractivity contribution in [1.82, 2.24) is 19.7 Å². The summed E-state index contributed by atoms with van der Waals surface area (Å²) in [5.74, 6) is -3.48. The van der Waals surface area contributed by atoms with E-state index in [0.717, 1.165) is 24.3 Å². The third kappa shape index (κ3) is 6.24. The van der Waals surface area contributed by atoms with Gasteiger partial charge in [0.2, 0.25) is 6.79 Å². The van der Waals surface area contributed by atoms with E-state index in [0.29, 0.717) is 20.7 Å². The Morgan fingerprint density at radius 3 is 2.27 bits per heavy atom. The summed E-state index contributed by atoms with van der Waals surface area (Å²) in [6, 6.07) is 17.1. The summed E-state index contributed by atoms with van der Waals surface area (Å²) in [7, 11) is -2.40. The number of hydrogen-bond acceptors (Lipinski definition) is 9. The Hall–Kier alpha value is -4.44. The average Bonchev–Trinajstić information content (AvgIpc) is 3.42. The minimum Gasteiger partial charge on any atom is -0.383 e. The summed E-state index contributed by atoms with van der Waals surface area (Å²) in [6.45, 7) is -0.966. The third-order valence-corrected chi connectivity index (χ3v) is 8.79. The van der Waals surface area contributed by atoms with E-state index in [1.807, 2.05) is 6.07 Å². The molecule has 0 bridgehead atoms. The highest BCUT2D eigenvalue weighted by Crippen LogP contribution is 2.39. The van der Waals surface area contributed by atoms with Gasteiger partial charge in [-0.05, 0) is 36.6 Å². The molecule has 3 aromatic carbocycles. The zero-order chi connectivity index (χ0) is 32.1. The lowest BCUT2D eigenvalue weighted by atomic mass is 10.1. The zero-order valence-corrected chi connectivity index (χ0v) is 25.8. The van der Waals surface area contributed by atoms with E-state index in [1.54, 1.807) is 36.6 Å². The number of hydrogen-bond donors (Lipinski definition) is 0. The second kappa shape index (κ2) is 13.7. The molecule has 15 heteroatoms. The predicted molar refractivity (Wildman–Crippen MR) is 162 cm³/mol. The quantitative estimate of drug-likeness (QED) is 0.0956. The Labute approximate surface area is 261 Å². The monoisotopic (exact) mass is 657 g/mol. The number of methoxy groups -OCH3 is 2. The van der Waals surface area contributed by atoms with Crippen LogP contribution in [0.5, 0.6) is 0 Å². The van der Waals surface area contributed by atoms with Gasteiger partial charge in [0, 0.05) is 31.5 Å². The summed E-state index contributed by atoms with van der Waals surface area (Å²) in [5, 5.41) is 0.415. The van der Waals surface area contributed by atoms with Crippen molar-refractivity contribution < 1.29 is 35.9 Å². The Morgan fingerprint density at radius 1 is 0.889 bits per heavy atom. The normalized spacial score (nSPS) is 11.5. The van der Waals surface area contributed by atoms with Crippen molar-refractivity contribution in [3.8, 4) is 34.0 Å². The Kier molecular flexibility index (Phi) is 9.72. The van der Waals surface area contributed by atoms with Crippen LogP contribution in [-0.2, 0) is 19.5 Å². The van der Waals surface area contributed by atoms with Crippen molar-refractivity contribution in [1.29, 1.82) is 0 Å². The lowest BCUT2D eigenvalue weighted by molar-refractivity contribution is -0.0347. The number of imidazole rings is 1. The predicted octanol–water partition coefficient (Wildman–Crippen LogP) is 5.65. The number of benzene rings is 3. The fourth-order valence-electron chi connectivity index (χ4n) is 4.51. The Balaban J connectivity index is 1.79. The van der Waals surface area contributed by atoms with Crippen LogP contribution in [0.2, 0.25) is 0 Å². The molecule has 0 aliphatic heterocycles. The molecule has 5 rings (SSSR count). The van der Waals surface area contributed by atoms with Gasteiger partial charge in [0.25, 0.3) is 10.0 Å². The van der Waals surface area contributed by atoms with Gasteiger partial charge in [0.15, 0.2) is 21.7 Å². The SMILES string of the molecule is COCOn1c(-c2ccccc2)nc(-c2cccc(N(COC)S(=O)(=O)c3c(F)cccc3F)c2F)c1-c1ccnc(SC)n1. The number of anilines is 1. The van der Waals surface area contributed by atoms with Crippen molar-refractivity contribution in [2.24, 2.45) is 0 Å². The maximum Gasteiger partial charge on any atom is 0.272 e. The molecule has 45 heavy (non-hydrogen) atoms. The van der Waals surface area contributed by atoms with Gasteiger partial charge in [-0.25, -0.2) is 40.8 Å². The van der Waals surface area contributed by atoms with E-state index < -0.39 is 44.8 Å². The third-order valence-electron chi connectivity index (χ3n) is 6.44. The van der Waals surface area contributed by atoms with Crippen LogP contribution in [-0.4, -0.2) is 62.1 Å². The van der Waals surface area contributed by atoms with Crippen molar-refractivity contribution in [2.45, 2.75) is 10.1 Å². The minimum absolute atomic E-state index is 0.0295. The molecule has 2 heterocycles. The minimum atomic E-state index is -5.00. The molecule has 0 amide bonds. The molecule has 0 atom stereocenters. The topological polar surface area (TPSA) is 109 Å². The van der Waals surface area contributed by atoms with Gasteiger partial charge in [0.05, 0.1) is 11.4 Å². The fourth-order valence-corrected chi connectivity index (χ4v) is 6.36. The van der Waals surface area contributed by atoms with Crippen molar-refractivity contribution >= 4 is 27.5 Å². The van der Waals surface area contributed by atoms with E-state index in [1.165, 1.54) is 49.0 Å². The molecule has 5 aromatic rings. The lowest BCUT2D eigenvalue weighted by Crippen LogP contribution is -2.34. The molecule has 0 aliphatic rings. The molecule has 0 saturated heterocycles. The number of nitrogens with zero attached hydrogens (tertiary/aromatic N) is 5. The van der Waals surface area contributed by atoms with Crippen LogP contribution in [0.15, 0.2) is 89.0 Å². The molecular weight excluding hydrogens is 631 g/mol. The van der Waals surface area contributed by atoms with Crippen molar-refractivity contribution in [2.75, 3.05) is 38.3 Å². The molecule has 0 radical (unpaired) electrons. The standard InChI is InChI=1S/C30H26F3N5O5S2/c1-41-17-37(45(39,40)28-21(31)12-8-13-22(28)32)24-14-7-11-20(25(24)33)26-27(23-15-16-34-30(35-23)44-3)38(43-18-42-2)29(36-26)19-9-5-4-6-10-19/h4-16H,17-18H2,1-3H3. The first-order valence-corrected chi connectivity index (χ1v) is 15.8. The van der Waals surface area contributed by atoms with E-state index in [4.69, 9.17) is 19.3 Å². The summed E-state index contributed by atoms with van der Waals surface area (Å²) in [5.41, 5.74) is 0.464. The number of aromatic nitrogens is 4. The van der Waals surface area contributed by atoms with E-state index in [2.05, 4.69) is 9.97 Å². The maximum absolute atomic E-state index is 16.7. The Bertz CT molecular complexity index is 1910. The molecule has 234 valence electrons. The molecule has 0 fully saturated rings. The summed E-state index contributed by atoms with van der Waals surface area (Å²) in [4.78, 5) is 18.2. The molecule has 2 aromatic heterocycles. The number of sulfonamides is 1. The largest absolute Gasteiger partial charge is 0.383 e. The van der Waals surface area contributed by atoms with Crippen molar-refractivity contribution in [3.05, 3.63) is 96.4 Å². The molecule has 0 aliphatic carbocycles. The molecule has 0 N–H and O–H groups in total. The zero-order valence-electron chi connectivity index (χ0n) is 24.1. The highest BCUT2D eigenvalue weighted by Gasteiger charge is 2.34. The Morgan fingerprint density at radius 2 is 1.60 bits per heavy atom. The number of rotatable bonds is 12. The molecular formula is C30H26F3N5O5S2. The van der Waals surface area contributed by atoms with Crippen LogP contribution in [0.25, 0.3) is 34.0 Å². The van der Waals surface area contributed by atoms with E-state index in [-0.39, 0.29) is 29.6 Å². The van der Waals surface area contributed by atoms with Crippen LogP contribution in [0.1, 0.15) is 0 Å². The first kappa shape index (κ1) is 32.0. The van der Waals surface area contributed by atoms with E-state index in [9.17, 15) is 17.2 Å². The maximum atomic E-state index is 16.7. The van der Waals surface area contributed by atoms with Gasteiger partial charge in [0.1, 0.15) is 29.8 Å².